The molecule has 0 spiro atoms. The number of nitrogens with zero attached hydrogens (tertiary/aromatic N) is 2. The number of hydrogen-bond donors (Lipinski definition) is 2. The molecule has 0 atom stereocenters. The quantitative estimate of drug-likeness (QED) is 0.769. The number of anilines is 2. The Balaban J connectivity index is 1.92. The summed E-state index contributed by atoms with van der Waals surface area (Å²) in [6.45, 7) is 7.04. The first-order valence-corrected chi connectivity index (χ1v) is 9.01. The van der Waals surface area contributed by atoms with Gasteiger partial charge < -0.3 is 5.32 Å². The molecule has 2 N–H and O–H groups in total. The van der Waals surface area contributed by atoms with E-state index < -0.39 is 0 Å². The third-order valence-electron chi connectivity index (χ3n) is 3.49. The lowest BCUT2D eigenvalue weighted by atomic mass is 10.2. The van der Waals surface area contributed by atoms with Gasteiger partial charge >= 0.3 is 6.03 Å². The van der Waals surface area contributed by atoms with E-state index >= 15 is 0 Å². The van der Waals surface area contributed by atoms with Gasteiger partial charge in [0.05, 0.1) is 5.69 Å². The van der Waals surface area contributed by atoms with E-state index in [0.29, 0.717) is 11.2 Å². The van der Waals surface area contributed by atoms with E-state index in [9.17, 15) is 4.79 Å². The molecule has 0 aliphatic rings. The topological polar surface area (TPSA) is 57.3 Å². The highest BCUT2D eigenvalue weighted by atomic mass is 79.9. The van der Waals surface area contributed by atoms with Crippen molar-refractivity contribution in [3.05, 3.63) is 39.3 Å². The van der Waals surface area contributed by atoms with Crippen molar-refractivity contribution in [3.8, 4) is 0 Å². The molecular weight excluding hydrogens is 376 g/mol. The first kappa shape index (κ1) is 17.9. The summed E-state index contributed by atoms with van der Waals surface area (Å²) in [6, 6.07) is 5.85. The van der Waals surface area contributed by atoms with Crippen LogP contribution >= 0.6 is 27.3 Å². The van der Waals surface area contributed by atoms with Gasteiger partial charge in [-0.2, -0.15) is 0 Å². The second-order valence-electron chi connectivity index (χ2n) is 5.70. The van der Waals surface area contributed by atoms with Crippen molar-refractivity contribution < 1.29 is 4.79 Å². The van der Waals surface area contributed by atoms with Crippen LogP contribution in [0.5, 0.6) is 0 Å². The van der Waals surface area contributed by atoms with E-state index in [1.54, 1.807) is 0 Å². The van der Waals surface area contributed by atoms with Gasteiger partial charge in [-0.25, -0.2) is 9.78 Å². The van der Waals surface area contributed by atoms with Crippen molar-refractivity contribution in [1.82, 2.24) is 9.88 Å². The first-order chi connectivity index (χ1) is 10.8. The number of halogens is 1. The lowest BCUT2D eigenvalue weighted by Crippen LogP contribution is -2.25. The maximum Gasteiger partial charge on any atom is 0.325 e. The zero-order valence-corrected chi connectivity index (χ0v) is 16.1. The number of amides is 2. The molecule has 2 amide bonds. The smallest absolute Gasteiger partial charge is 0.308 e. The monoisotopic (exact) mass is 396 g/mol. The lowest BCUT2D eigenvalue weighted by Gasteiger charge is -2.19. The van der Waals surface area contributed by atoms with Gasteiger partial charge in [-0.15, -0.1) is 11.3 Å². The van der Waals surface area contributed by atoms with Gasteiger partial charge in [0.25, 0.3) is 0 Å². The second-order valence-corrected chi connectivity index (χ2v) is 7.41. The molecule has 5 nitrogen and oxygen atoms in total. The summed E-state index contributed by atoms with van der Waals surface area (Å²) in [5.41, 5.74) is 2.81. The van der Waals surface area contributed by atoms with E-state index in [4.69, 9.17) is 0 Å². The summed E-state index contributed by atoms with van der Waals surface area (Å²) in [5.74, 6) is 0. The highest BCUT2D eigenvalue weighted by Crippen LogP contribution is 2.21. The maximum atomic E-state index is 12.0. The average Bonchev–Trinajstić information content (AvgIpc) is 2.89. The Morgan fingerprint density at radius 1 is 1.39 bits per heavy atom. The summed E-state index contributed by atoms with van der Waals surface area (Å²) in [7, 11) is 2.05. The summed E-state index contributed by atoms with van der Waals surface area (Å²) < 4.78 is 0.962. The van der Waals surface area contributed by atoms with Crippen LogP contribution in [0, 0.1) is 6.92 Å². The minimum Gasteiger partial charge on any atom is -0.308 e. The molecule has 7 heteroatoms. The van der Waals surface area contributed by atoms with Crippen molar-refractivity contribution in [1.29, 1.82) is 0 Å². The van der Waals surface area contributed by atoms with Crippen LogP contribution in [-0.4, -0.2) is 29.0 Å². The Morgan fingerprint density at radius 2 is 2.13 bits per heavy atom. The van der Waals surface area contributed by atoms with Crippen LogP contribution in [0.15, 0.2) is 28.1 Å². The molecule has 23 heavy (non-hydrogen) atoms. The molecule has 1 aromatic carbocycles. The molecule has 1 heterocycles. The van der Waals surface area contributed by atoms with E-state index in [2.05, 4.69) is 57.3 Å². The third-order valence-corrected chi connectivity index (χ3v) is 5.16. The van der Waals surface area contributed by atoms with Gasteiger partial charge in [0, 0.05) is 28.1 Å². The highest BCUT2D eigenvalue weighted by molar-refractivity contribution is 9.10. The Hall–Kier alpha value is -1.44. The van der Waals surface area contributed by atoms with Crippen molar-refractivity contribution in [3.63, 3.8) is 0 Å². The van der Waals surface area contributed by atoms with E-state index in [0.717, 1.165) is 28.0 Å². The molecule has 0 radical (unpaired) electrons. The number of rotatable bonds is 5. The summed E-state index contributed by atoms with van der Waals surface area (Å²) >= 11 is 4.88. The normalized spacial score (nSPS) is 11.1. The molecule has 0 aliphatic heterocycles. The minimum atomic E-state index is -0.293. The fourth-order valence-corrected chi connectivity index (χ4v) is 2.88. The van der Waals surface area contributed by atoms with Gasteiger partial charge in [-0.3, -0.25) is 10.2 Å². The minimum absolute atomic E-state index is 0.293. The predicted octanol–water partition coefficient (Wildman–Crippen LogP) is 4.70. The Kier molecular flexibility index (Phi) is 6.15. The molecule has 0 saturated heterocycles. The van der Waals surface area contributed by atoms with Crippen LogP contribution in [0.1, 0.15) is 25.1 Å². The average molecular weight is 397 g/mol. The van der Waals surface area contributed by atoms with E-state index in [-0.39, 0.29) is 6.03 Å². The number of benzene rings is 1. The van der Waals surface area contributed by atoms with Crippen molar-refractivity contribution >= 4 is 44.1 Å². The molecule has 2 aromatic rings. The molecule has 0 unspecified atom stereocenters. The SMILES string of the molecule is Cc1ccc(NC(=O)Nc2nc(CN(C)C(C)C)cs2)cc1Br. The predicted molar refractivity (Wildman–Crippen MR) is 100 cm³/mol. The van der Waals surface area contributed by atoms with Crippen LogP contribution in [0.4, 0.5) is 15.6 Å². The molecule has 0 aliphatic carbocycles. The fraction of sp³-hybridized carbons (Fsp3) is 0.375. The third kappa shape index (κ3) is 5.30. The molecule has 0 bridgehead atoms. The van der Waals surface area contributed by atoms with Gasteiger partial charge in [0.2, 0.25) is 0 Å². The summed E-state index contributed by atoms with van der Waals surface area (Å²) in [5, 5.41) is 8.14. The number of hydrogen-bond acceptors (Lipinski definition) is 4. The zero-order chi connectivity index (χ0) is 17.0. The Bertz CT molecular complexity index is 686. The van der Waals surface area contributed by atoms with Crippen molar-refractivity contribution in [2.75, 3.05) is 17.7 Å². The number of carbonyl (C=O) groups excluding carboxylic acids is 1. The first-order valence-electron chi connectivity index (χ1n) is 7.34. The van der Waals surface area contributed by atoms with Crippen molar-refractivity contribution in [2.24, 2.45) is 0 Å². The summed E-state index contributed by atoms with van der Waals surface area (Å²) in [4.78, 5) is 18.7. The molecular formula is C16H21BrN4OS. The van der Waals surface area contributed by atoms with Gasteiger partial charge in [0.15, 0.2) is 5.13 Å². The number of aryl methyl sites for hydroxylation is 1. The van der Waals surface area contributed by atoms with Gasteiger partial charge in [-0.05, 0) is 45.5 Å². The Morgan fingerprint density at radius 3 is 2.78 bits per heavy atom. The van der Waals surface area contributed by atoms with Crippen LogP contribution in [0.3, 0.4) is 0 Å². The molecule has 1 aromatic heterocycles. The molecule has 0 saturated carbocycles. The summed E-state index contributed by atoms with van der Waals surface area (Å²) in [6.07, 6.45) is 0. The number of thiazole rings is 1. The number of urea groups is 1. The lowest BCUT2D eigenvalue weighted by molar-refractivity contribution is 0.261. The van der Waals surface area contributed by atoms with Gasteiger partial charge in [0.1, 0.15) is 0 Å². The number of nitrogens with one attached hydrogen (secondary N) is 2. The van der Waals surface area contributed by atoms with Crippen LogP contribution in [0.25, 0.3) is 0 Å². The molecule has 2 rings (SSSR count). The molecule has 124 valence electrons. The van der Waals surface area contributed by atoms with E-state index in [1.807, 2.05) is 30.5 Å². The van der Waals surface area contributed by atoms with Crippen LogP contribution < -0.4 is 10.6 Å². The largest absolute Gasteiger partial charge is 0.325 e. The Labute approximate surface area is 149 Å². The van der Waals surface area contributed by atoms with Crippen molar-refractivity contribution in [2.45, 2.75) is 33.4 Å². The van der Waals surface area contributed by atoms with E-state index in [1.165, 1.54) is 11.3 Å². The van der Waals surface area contributed by atoms with Crippen LogP contribution in [0.2, 0.25) is 0 Å². The standard InChI is InChI=1S/C16H21BrN4OS/c1-10(2)21(4)8-13-9-23-16(19-13)20-15(22)18-12-6-5-11(3)14(17)7-12/h5-7,9-10H,8H2,1-4H3,(H2,18,19,20,22). The number of aromatic nitrogens is 1. The molecule has 0 fully saturated rings. The zero-order valence-electron chi connectivity index (χ0n) is 13.7. The fourth-order valence-electron chi connectivity index (χ4n) is 1.81. The second kappa shape index (κ2) is 7.90. The highest BCUT2D eigenvalue weighted by Gasteiger charge is 2.10. The van der Waals surface area contributed by atoms with Crippen LogP contribution in [-0.2, 0) is 6.54 Å². The number of carbonyl (C=O) groups is 1. The maximum absolute atomic E-state index is 12.0. The van der Waals surface area contributed by atoms with Gasteiger partial charge in [-0.1, -0.05) is 22.0 Å².